The summed E-state index contributed by atoms with van der Waals surface area (Å²) in [5.74, 6) is -1.06. The third-order valence-electron chi connectivity index (χ3n) is 3.43. The number of carbonyl (C=O) groups excluding carboxylic acids is 3. The van der Waals surface area contributed by atoms with Crippen molar-refractivity contribution in [1.29, 1.82) is 0 Å². The fraction of sp³-hybridized carbons (Fsp3) is 0.167. The number of benzene rings is 1. The van der Waals surface area contributed by atoms with Gasteiger partial charge in [0, 0.05) is 5.56 Å². The maximum Gasteiger partial charge on any atom is 0.325 e. The molecule has 2 amide bonds. The van der Waals surface area contributed by atoms with Crippen LogP contribution in [0.1, 0.15) is 15.6 Å². The number of nitrogens with zero attached hydrogens (tertiary/aromatic N) is 2. The Labute approximate surface area is 163 Å². The van der Waals surface area contributed by atoms with Crippen molar-refractivity contribution < 1.29 is 23.5 Å². The molecule has 0 spiro atoms. The molecule has 2 aromatic heterocycles. The van der Waals surface area contributed by atoms with Crippen LogP contribution in [-0.2, 0) is 20.9 Å². The molecule has 10 heteroatoms. The average molecular weight is 400 g/mol. The van der Waals surface area contributed by atoms with Crippen LogP contribution in [0.2, 0.25) is 0 Å². The van der Waals surface area contributed by atoms with Gasteiger partial charge in [0.05, 0.1) is 11.4 Å². The monoisotopic (exact) mass is 400 g/mol. The first-order chi connectivity index (χ1) is 13.6. The molecular weight excluding hydrogens is 384 g/mol. The third kappa shape index (κ3) is 5.48. The number of hydrogen-bond acceptors (Lipinski definition) is 8. The van der Waals surface area contributed by atoms with E-state index in [2.05, 4.69) is 20.8 Å². The minimum Gasteiger partial charge on any atom is -0.454 e. The maximum atomic E-state index is 11.7. The Bertz CT molecular complexity index is 940. The zero-order chi connectivity index (χ0) is 19.8. The Hall–Kier alpha value is -3.53. The molecule has 28 heavy (non-hydrogen) atoms. The molecule has 0 aliphatic carbocycles. The van der Waals surface area contributed by atoms with E-state index in [9.17, 15) is 14.4 Å². The van der Waals surface area contributed by atoms with Gasteiger partial charge >= 0.3 is 5.97 Å². The number of hydrogen-bond donors (Lipinski definition) is 2. The van der Waals surface area contributed by atoms with Crippen LogP contribution in [0.5, 0.6) is 0 Å². The van der Waals surface area contributed by atoms with E-state index >= 15 is 0 Å². The summed E-state index contributed by atoms with van der Waals surface area (Å²) in [4.78, 5) is 35.6. The number of rotatable bonds is 8. The SMILES string of the molecule is O=C(CNC(=O)c1cccs1)NCC(=O)OCc1nnc(-c2ccccc2)o1. The second-order valence-electron chi connectivity index (χ2n) is 5.46. The summed E-state index contributed by atoms with van der Waals surface area (Å²) in [5, 5.41) is 14.3. The Morgan fingerprint density at radius 3 is 2.57 bits per heavy atom. The minimum absolute atomic E-state index is 0.141. The molecule has 3 rings (SSSR count). The molecule has 0 atom stereocenters. The van der Waals surface area contributed by atoms with Gasteiger partial charge in [-0.05, 0) is 23.6 Å². The molecule has 144 valence electrons. The van der Waals surface area contributed by atoms with Gasteiger partial charge in [0.1, 0.15) is 6.54 Å². The maximum absolute atomic E-state index is 11.7. The third-order valence-corrected chi connectivity index (χ3v) is 4.30. The first-order valence-corrected chi connectivity index (χ1v) is 9.11. The molecule has 0 aliphatic rings. The highest BCUT2D eigenvalue weighted by Crippen LogP contribution is 2.17. The van der Waals surface area contributed by atoms with Crippen molar-refractivity contribution >= 4 is 29.1 Å². The molecule has 3 aromatic rings. The van der Waals surface area contributed by atoms with Crippen LogP contribution in [0.3, 0.4) is 0 Å². The number of thiophene rings is 1. The van der Waals surface area contributed by atoms with E-state index in [1.807, 2.05) is 30.3 Å². The highest BCUT2D eigenvalue weighted by atomic mass is 32.1. The highest BCUT2D eigenvalue weighted by molar-refractivity contribution is 7.12. The normalized spacial score (nSPS) is 10.3. The van der Waals surface area contributed by atoms with Crippen LogP contribution < -0.4 is 10.6 Å². The lowest BCUT2D eigenvalue weighted by atomic mass is 10.2. The summed E-state index contributed by atoms with van der Waals surface area (Å²) < 4.78 is 10.4. The molecule has 2 N–H and O–H groups in total. The Morgan fingerprint density at radius 2 is 1.82 bits per heavy atom. The van der Waals surface area contributed by atoms with Crippen molar-refractivity contribution in [2.45, 2.75) is 6.61 Å². The molecule has 9 nitrogen and oxygen atoms in total. The number of aromatic nitrogens is 2. The number of esters is 1. The second kappa shape index (κ2) is 9.42. The van der Waals surface area contributed by atoms with E-state index in [1.54, 1.807) is 17.5 Å². The zero-order valence-electron chi connectivity index (χ0n) is 14.6. The van der Waals surface area contributed by atoms with Crippen LogP contribution >= 0.6 is 11.3 Å². The molecule has 0 aliphatic heterocycles. The van der Waals surface area contributed by atoms with Gasteiger partial charge in [-0.15, -0.1) is 21.5 Å². The summed E-state index contributed by atoms with van der Waals surface area (Å²) >= 11 is 1.27. The van der Waals surface area contributed by atoms with Gasteiger partial charge in [0.25, 0.3) is 11.8 Å². The van der Waals surface area contributed by atoms with Gasteiger partial charge in [-0.1, -0.05) is 24.3 Å². The van der Waals surface area contributed by atoms with Crippen molar-refractivity contribution in [1.82, 2.24) is 20.8 Å². The Balaban J connectivity index is 1.36. The van der Waals surface area contributed by atoms with E-state index in [-0.39, 0.29) is 31.5 Å². The van der Waals surface area contributed by atoms with Crippen LogP contribution in [0.4, 0.5) is 0 Å². The first-order valence-electron chi connectivity index (χ1n) is 8.23. The standard InChI is InChI=1S/C18H16N4O5S/c23-14(9-20-17(25)13-7-4-8-28-13)19-10-16(24)26-11-15-21-22-18(27-15)12-5-2-1-3-6-12/h1-8H,9-11H2,(H,19,23)(H,20,25). The first kappa shape index (κ1) is 19.2. The number of amides is 2. The van der Waals surface area contributed by atoms with Crippen molar-refractivity contribution in [3.63, 3.8) is 0 Å². The largest absolute Gasteiger partial charge is 0.454 e. The van der Waals surface area contributed by atoms with Crippen molar-refractivity contribution in [2.24, 2.45) is 0 Å². The Kier molecular flexibility index (Phi) is 6.47. The lowest BCUT2D eigenvalue weighted by Crippen LogP contribution is -2.39. The van der Waals surface area contributed by atoms with Crippen molar-refractivity contribution in [3.8, 4) is 11.5 Å². The molecule has 0 unspecified atom stereocenters. The molecule has 0 fully saturated rings. The minimum atomic E-state index is -0.669. The molecule has 0 saturated heterocycles. The van der Waals surface area contributed by atoms with Gasteiger partial charge in [-0.2, -0.15) is 0 Å². The molecule has 0 saturated carbocycles. The lowest BCUT2D eigenvalue weighted by Gasteiger charge is -2.06. The highest BCUT2D eigenvalue weighted by Gasteiger charge is 2.13. The summed E-state index contributed by atoms with van der Waals surface area (Å²) in [7, 11) is 0. The predicted molar refractivity (Wildman–Crippen MR) is 99.2 cm³/mol. The lowest BCUT2D eigenvalue weighted by molar-refractivity contribution is -0.145. The van der Waals surface area contributed by atoms with E-state index in [1.165, 1.54) is 11.3 Å². The van der Waals surface area contributed by atoms with E-state index in [0.717, 1.165) is 5.56 Å². The molecule has 2 heterocycles. The molecule has 1 aromatic carbocycles. The topological polar surface area (TPSA) is 123 Å². The van der Waals surface area contributed by atoms with E-state index in [0.29, 0.717) is 10.8 Å². The van der Waals surface area contributed by atoms with E-state index < -0.39 is 11.9 Å². The average Bonchev–Trinajstić information content (AvgIpc) is 3.42. The molecular formula is C18H16N4O5S. The smallest absolute Gasteiger partial charge is 0.325 e. The molecule has 0 radical (unpaired) electrons. The number of carbonyl (C=O) groups is 3. The van der Waals surface area contributed by atoms with Gasteiger partial charge in [0.2, 0.25) is 11.8 Å². The summed E-state index contributed by atoms with van der Waals surface area (Å²) in [5.41, 5.74) is 0.754. The van der Waals surface area contributed by atoms with Crippen LogP contribution in [0.15, 0.2) is 52.3 Å². The second-order valence-corrected chi connectivity index (χ2v) is 6.41. The number of ether oxygens (including phenoxy) is 1. The number of nitrogens with one attached hydrogen (secondary N) is 2. The van der Waals surface area contributed by atoms with Gasteiger partial charge in [0.15, 0.2) is 6.61 Å². The van der Waals surface area contributed by atoms with Crippen molar-refractivity contribution in [3.05, 3.63) is 58.6 Å². The fourth-order valence-corrected chi connectivity index (χ4v) is 2.73. The Morgan fingerprint density at radius 1 is 1.00 bits per heavy atom. The van der Waals surface area contributed by atoms with Gasteiger partial charge in [-0.3, -0.25) is 14.4 Å². The van der Waals surface area contributed by atoms with Crippen LogP contribution in [-0.4, -0.2) is 41.1 Å². The molecule has 0 bridgehead atoms. The van der Waals surface area contributed by atoms with Gasteiger partial charge in [-0.25, -0.2) is 0 Å². The van der Waals surface area contributed by atoms with Crippen LogP contribution in [0.25, 0.3) is 11.5 Å². The predicted octanol–water partition coefficient (Wildman–Crippen LogP) is 1.39. The fourth-order valence-electron chi connectivity index (χ4n) is 2.09. The van der Waals surface area contributed by atoms with Crippen molar-refractivity contribution in [2.75, 3.05) is 13.1 Å². The quantitative estimate of drug-likeness (QED) is 0.548. The van der Waals surface area contributed by atoms with Crippen LogP contribution in [0, 0.1) is 0 Å². The van der Waals surface area contributed by atoms with Gasteiger partial charge < -0.3 is 19.8 Å². The van der Waals surface area contributed by atoms with E-state index in [4.69, 9.17) is 9.15 Å². The summed E-state index contributed by atoms with van der Waals surface area (Å²) in [6.45, 7) is -0.787. The summed E-state index contributed by atoms with van der Waals surface area (Å²) in [6, 6.07) is 12.6. The summed E-state index contributed by atoms with van der Waals surface area (Å²) in [6.07, 6.45) is 0. The zero-order valence-corrected chi connectivity index (χ0v) is 15.4.